The van der Waals surface area contributed by atoms with Gasteiger partial charge >= 0.3 is 5.97 Å². The van der Waals surface area contributed by atoms with Crippen molar-refractivity contribution in [1.29, 1.82) is 0 Å². The van der Waals surface area contributed by atoms with E-state index in [0.717, 1.165) is 6.07 Å². The Labute approximate surface area is 79.8 Å². The van der Waals surface area contributed by atoms with Crippen molar-refractivity contribution < 1.29 is 19.4 Å². The molecule has 14 heavy (non-hydrogen) atoms. The Morgan fingerprint density at radius 1 is 1.43 bits per heavy atom. The van der Waals surface area contributed by atoms with E-state index in [9.17, 15) is 14.3 Å². The Morgan fingerprint density at radius 2 is 2.00 bits per heavy atom. The Balaban J connectivity index is 2.94. The first kappa shape index (κ1) is 10.6. The summed E-state index contributed by atoms with van der Waals surface area (Å²) in [5.41, 5.74) is 5.04. The molecule has 1 rings (SSSR count). The van der Waals surface area contributed by atoms with Crippen molar-refractivity contribution >= 4 is 5.97 Å². The predicted molar refractivity (Wildman–Crippen MR) is 47.0 cm³/mol. The van der Waals surface area contributed by atoms with Gasteiger partial charge in [0, 0.05) is 5.56 Å². The Kier molecular flexibility index (Phi) is 3.16. The first-order valence-corrected chi connectivity index (χ1v) is 3.95. The van der Waals surface area contributed by atoms with Crippen molar-refractivity contribution in [3.8, 4) is 0 Å². The molecule has 0 heterocycles. The summed E-state index contributed by atoms with van der Waals surface area (Å²) in [5.74, 6) is -2.04. The van der Waals surface area contributed by atoms with E-state index in [1.165, 1.54) is 18.2 Å². The van der Waals surface area contributed by atoms with Crippen LogP contribution >= 0.6 is 0 Å². The highest BCUT2D eigenvalue weighted by molar-refractivity contribution is 5.74. The Bertz CT molecular complexity index is 343. The third-order valence-electron chi connectivity index (χ3n) is 1.85. The molecular weight excluding hydrogens is 189 g/mol. The topological polar surface area (TPSA) is 83.6 Å². The molecule has 0 aliphatic rings. The maximum atomic E-state index is 13.1. The van der Waals surface area contributed by atoms with Crippen LogP contribution in [0, 0.1) is 5.82 Å². The number of rotatable bonds is 3. The van der Waals surface area contributed by atoms with Crippen LogP contribution in [-0.2, 0) is 4.79 Å². The second-order valence-electron chi connectivity index (χ2n) is 2.83. The lowest BCUT2D eigenvalue weighted by Gasteiger charge is -2.15. The number of nitrogens with two attached hydrogens (primary N) is 1. The third-order valence-corrected chi connectivity index (χ3v) is 1.85. The van der Waals surface area contributed by atoms with Crippen molar-refractivity contribution in [2.75, 3.05) is 0 Å². The summed E-state index contributed by atoms with van der Waals surface area (Å²) in [6.45, 7) is 0. The Hall–Kier alpha value is -1.46. The molecule has 0 spiro atoms. The number of halogens is 1. The van der Waals surface area contributed by atoms with Crippen molar-refractivity contribution in [3.63, 3.8) is 0 Å². The molecule has 0 amide bonds. The molecule has 2 atom stereocenters. The van der Waals surface area contributed by atoms with Gasteiger partial charge in [-0.3, -0.25) is 4.79 Å². The molecule has 4 nitrogen and oxygen atoms in total. The van der Waals surface area contributed by atoms with Crippen LogP contribution in [0.4, 0.5) is 4.39 Å². The van der Waals surface area contributed by atoms with E-state index in [-0.39, 0.29) is 5.56 Å². The summed E-state index contributed by atoms with van der Waals surface area (Å²) in [5, 5.41) is 17.9. The molecule has 1 aromatic rings. The van der Waals surface area contributed by atoms with Crippen molar-refractivity contribution in [3.05, 3.63) is 35.6 Å². The minimum absolute atomic E-state index is 0.109. The number of carboxylic acids is 1. The molecule has 0 fully saturated rings. The number of carboxylic acid groups (broad SMARTS) is 1. The van der Waals surface area contributed by atoms with E-state index < -0.39 is 23.9 Å². The first-order valence-electron chi connectivity index (χ1n) is 3.95. The van der Waals surface area contributed by atoms with Gasteiger partial charge in [-0.15, -0.1) is 0 Å². The highest BCUT2D eigenvalue weighted by Gasteiger charge is 2.25. The van der Waals surface area contributed by atoms with Gasteiger partial charge in [0.2, 0.25) is 0 Å². The molecule has 0 unspecified atom stereocenters. The molecule has 0 bridgehead atoms. The van der Waals surface area contributed by atoms with Gasteiger partial charge in [0.05, 0.1) is 0 Å². The van der Waals surface area contributed by atoms with Gasteiger partial charge < -0.3 is 15.9 Å². The number of hydrogen-bond acceptors (Lipinski definition) is 3. The smallest absolute Gasteiger partial charge is 0.323 e. The van der Waals surface area contributed by atoms with Gasteiger partial charge in [0.15, 0.2) is 0 Å². The average molecular weight is 199 g/mol. The van der Waals surface area contributed by atoms with E-state index >= 15 is 0 Å². The largest absolute Gasteiger partial charge is 0.480 e. The SMILES string of the molecule is N[C@H](C(=O)O)[C@@H](O)c1ccccc1F. The first-order chi connectivity index (χ1) is 6.54. The number of carbonyl (C=O) groups is 1. The summed E-state index contributed by atoms with van der Waals surface area (Å²) >= 11 is 0. The number of aliphatic hydroxyl groups excluding tert-OH is 1. The van der Waals surface area contributed by atoms with E-state index in [4.69, 9.17) is 10.8 Å². The van der Waals surface area contributed by atoms with Crippen molar-refractivity contribution in [2.45, 2.75) is 12.1 Å². The second-order valence-corrected chi connectivity index (χ2v) is 2.83. The number of aliphatic hydroxyl groups is 1. The lowest BCUT2D eigenvalue weighted by atomic mass is 10.0. The zero-order valence-corrected chi connectivity index (χ0v) is 7.22. The van der Waals surface area contributed by atoms with Crippen molar-refractivity contribution in [2.24, 2.45) is 5.73 Å². The Morgan fingerprint density at radius 3 is 2.50 bits per heavy atom. The summed E-state index contributed by atoms with van der Waals surface area (Å²) in [6, 6.07) is 3.84. The summed E-state index contributed by atoms with van der Waals surface area (Å²) in [4.78, 5) is 10.4. The molecule has 0 saturated carbocycles. The number of benzene rings is 1. The van der Waals surface area contributed by atoms with Crippen LogP contribution in [0.3, 0.4) is 0 Å². The molecule has 0 saturated heterocycles. The van der Waals surface area contributed by atoms with Crippen LogP contribution < -0.4 is 5.73 Å². The monoisotopic (exact) mass is 199 g/mol. The van der Waals surface area contributed by atoms with Crippen LogP contribution in [0.15, 0.2) is 24.3 Å². The summed E-state index contributed by atoms with van der Waals surface area (Å²) in [6.07, 6.45) is -1.53. The van der Waals surface area contributed by atoms with Gasteiger partial charge in [-0.1, -0.05) is 18.2 Å². The number of aliphatic carboxylic acids is 1. The molecule has 76 valence electrons. The normalized spacial score (nSPS) is 14.8. The summed E-state index contributed by atoms with van der Waals surface area (Å²) < 4.78 is 13.1. The molecule has 4 N–H and O–H groups in total. The fraction of sp³-hybridized carbons (Fsp3) is 0.222. The minimum Gasteiger partial charge on any atom is -0.480 e. The number of hydrogen-bond donors (Lipinski definition) is 3. The molecule has 0 aliphatic heterocycles. The van der Waals surface area contributed by atoms with Gasteiger partial charge in [-0.05, 0) is 6.07 Å². The maximum Gasteiger partial charge on any atom is 0.323 e. The summed E-state index contributed by atoms with van der Waals surface area (Å²) in [7, 11) is 0. The second kappa shape index (κ2) is 4.17. The molecular formula is C9H10FNO3. The lowest BCUT2D eigenvalue weighted by molar-refractivity contribution is -0.141. The van der Waals surface area contributed by atoms with Gasteiger partial charge in [-0.2, -0.15) is 0 Å². The van der Waals surface area contributed by atoms with Crippen LogP contribution in [0.5, 0.6) is 0 Å². The minimum atomic E-state index is -1.53. The van der Waals surface area contributed by atoms with E-state index in [0.29, 0.717) is 0 Å². The molecule has 0 radical (unpaired) electrons. The average Bonchev–Trinajstić information content (AvgIpc) is 2.16. The third kappa shape index (κ3) is 2.07. The highest BCUT2D eigenvalue weighted by atomic mass is 19.1. The van der Waals surface area contributed by atoms with Crippen LogP contribution in [0.1, 0.15) is 11.7 Å². The van der Waals surface area contributed by atoms with E-state index in [2.05, 4.69) is 0 Å². The van der Waals surface area contributed by atoms with Gasteiger partial charge in [-0.25, -0.2) is 4.39 Å². The zero-order chi connectivity index (χ0) is 10.7. The van der Waals surface area contributed by atoms with Gasteiger partial charge in [0.25, 0.3) is 0 Å². The van der Waals surface area contributed by atoms with E-state index in [1.54, 1.807) is 0 Å². The molecule has 0 aromatic heterocycles. The maximum absolute atomic E-state index is 13.1. The standard InChI is InChI=1S/C9H10FNO3/c10-6-4-2-1-3-5(6)8(12)7(11)9(13)14/h1-4,7-8,12H,11H2,(H,13,14)/t7-,8-/m0/s1. The van der Waals surface area contributed by atoms with Crippen LogP contribution in [0.25, 0.3) is 0 Å². The highest BCUT2D eigenvalue weighted by Crippen LogP contribution is 2.18. The van der Waals surface area contributed by atoms with Crippen LogP contribution in [0.2, 0.25) is 0 Å². The lowest BCUT2D eigenvalue weighted by Crippen LogP contribution is -2.36. The molecule has 0 aliphatic carbocycles. The molecule has 5 heteroatoms. The van der Waals surface area contributed by atoms with Crippen molar-refractivity contribution in [1.82, 2.24) is 0 Å². The fourth-order valence-electron chi connectivity index (χ4n) is 1.04. The fourth-order valence-corrected chi connectivity index (χ4v) is 1.04. The van der Waals surface area contributed by atoms with Gasteiger partial charge in [0.1, 0.15) is 18.0 Å². The van der Waals surface area contributed by atoms with E-state index in [1.807, 2.05) is 0 Å². The quantitative estimate of drug-likeness (QED) is 0.652. The predicted octanol–water partition coefficient (Wildman–Crippen LogP) is 0.271. The zero-order valence-electron chi connectivity index (χ0n) is 7.22. The molecule has 1 aromatic carbocycles. The van der Waals surface area contributed by atoms with Crippen LogP contribution in [-0.4, -0.2) is 22.2 Å².